The zero-order chi connectivity index (χ0) is 31.8. The SMILES string of the molecule is Fc1ccc(-c2ccc(-c3ccc(Cc4ccc(-c5ccc(-c6ccc(F)c(F)c6)c(F)c5)c(F)c4)cc3F)cc2F)cc1F. The van der Waals surface area contributed by atoms with Crippen LogP contribution >= 0.6 is 0 Å². The fourth-order valence-corrected chi connectivity index (χ4v) is 5.20. The first-order valence-corrected chi connectivity index (χ1v) is 13.6. The Bertz CT molecular complexity index is 1930. The van der Waals surface area contributed by atoms with Crippen LogP contribution in [0.2, 0.25) is 0 Å². The lowest BCUT2D eigenvalue weighted by Crippen LogP contribution is -1.95. The van der Waals surface area contributed by atoms with Crippen LogP contribution < -0.4 is 0 Å². The quantitative estimate of drug-likeness (QED) is 0.163. The zero-order valence-corrected chi connectivity index (χ0v) is 23.1. The summed E-state index contributed by atoms with van der Waals surface area (Å²) in [5, 5.41) is 0. The largest absolute Gasteiger partial charge is 0.206 e. The zero-order valence-electron chi connectivity index (χ0n) is 23.1. The predicted octanol–water partition coefficient (Wildman–Crippen LogP) is 11.1. The summed E-state index contributed by atoms with van der Waals surface area (Å²) < 4.78 is 114. The highest BCUT2D eigenvalue weighted by molar-refractivity contribution is 5.73. The molecule has 0 radical (unpaired) electrons. The minimum atomic E-state index is -1.11. The molecule has 0 fully saturated rings. The second kappa shape index (κ2) is 12.0. The van der Waals surface area contributed by atoms with Gasteiger partial charge in [0.05, 0.1) is 0 Å². The Hall–Kier alpha value is -5.24. The molecule has 224 valence electrons. The molecule has 0 saturated heterocycles. The van der Waals surface area contributed by atoms with E-state index in [1.54, 1.807) is 12.1 Å². The van der Waals surface area contributed by atoms with E-state index in [2.05, 4.69) is 0 Å². The van der Waals surface area contributed by atoms with Crippen LogP contribution in [0.15, 0.2) is 109 Å². The maximum Gasteiger partial charge on any atom is 0.159 e. The second-order valence-electron chi connectivity index (χ2n) is 10.5. The first-order valence-electron chi connectivity index (χ1n) is 13.6. The molecule has 6 aromatic rings. The van der Waals surface area contributed by atoms with Crippen molar-refractivity contribution >= 4 is 0 Å². The Morgan fingerprint density at radius 3 is 0.867 bits per heavy atom. The summed E-state index contributed by atoms with van der Waals surface area (Å²) in [5.74, 6) is -7.09. The Balaban J connectivity index is 1.19. The average Bonchev–Trinajstić information content (AvgIpc) is 3.00. The van der Waals surface area contributed by atoms with Crippen LogP contribution in [-0.4, -0.2) is 0 Å². The maximum absolute atomic E-state index is 15.1. The minimum absolute atomic E-state index is 0.0297. The average molecular weight is 617 g/mol. The van der Waals surface area contributed by atoms with E-state index in [0.29, 0.717) is 11.1 Å². The van der Waals surface area contributed by atoms with E-state index >= 15 is 8.78 Å². The second-order valence-corrected chi connectivity index (χ2v) is 10.5. The van der Waals surface area contributed by atoms with Crippen LogP contribution in [0.1, 0.15) is 11.1 Å². The summed E-state index contributed by atoms with van der Waals surface area (Å²) in [4.78, 5) is 0. The molecule has 0 aromatic heterocycles. The van der Waals surface area contributed by atoms with Crippen molar-refractivity contribution in [2.24, 2.45) is 0 Å². The molecule has 0 aliphatic rings. The maximum atomic E-state index is 15.1. The molecule has 6 rings (SSSR count). The monoisotopic (exact) mass is 616 g/mol. The third-order valence-electron chi connectivity index (χ3n) is 7.50. The Morgan fingerprint density at radius 1 is 0.267 bits per heavy atom. The fourth-order valence-electron chi connectivity index (χ4n) is 5.20. The molecule has 0 saturated carbocycles. The summed E-state index contributed by atoms with van der Waals surface area (Å²) in [5.41, 5.74) is 2.07. The molecule has 0 nitrogen and oxygen atoms in total. The van der Waals surface area contributed by atoms with Gasteiger partial charge in [-0.05, 0) is 88.3 Å². The van der Waals surface area contributed by atoms with Gasteiger partial charge in [-0.1, -0.05) is 60.7 Å². The van der Waals surface area contributed by atoms with Crippen LogP contribution in [0.25, 0.3) is 44.5 Å². The van der Waals surface area contributed by atoms with Crippen molar-refractivity contribution in [2.75, 3.05) is 0 Å². The predicted molar refractivity (Wildman–Crippen MR) is 157 cm³/mol. The molecule has 0 spiro atoms. The normalized spacial score (nSPS) is 11.2. The molecule has 6 aromatic carbocycles. The van der Waals surface area contributed by atoms with Crippen molar-refractivity contribution in [3.05, 3.63) is 167 Å². The summed E-state index contributed by atoms with van der Waals surface area (Å²) in [6.45, 7) is 0. The number of halogens is 8. The van der Waals surface area contributed by atoms with E-state index < -0.39 is 46.5 Å². The highest BCUT2D eigenvalue weighted by atomic mass is 19.2. The van der Waals surface area contributed by atoms with Crippen LogP contribution in [0.4, 0.5) is 35.1 Å². The van der Waals surface area contributed by atoms with E-state index in [1.165, 1.54) is 60.7 Å². The molecule has 0 aliphatic carbocycles. The van der Waals surface area contributed by atoms with Gasteiger partial charge in [0.15, 0.2) is 23.3 Å². The standard InChI is InChI=1S/C37H20F8/c38-30-11-5-24(18-36(30)44)28-9-3-22(16-34(28)42)26-7-1-20(14-32(26)40)13-21-2-8-27(33(41)15-21)23-4-10-29(35(43)17-23)25-6-12-31(39)37(45)19-25/h1-12,14-19H,13H2. The molecular weight excluding hydrogens is 596 g/mol. The van der Waals surface area contributed by atoms with Crippen molar-refractivity contribution < 1.29 is 35.1 Å². The van der Waals surface area contributed by atoms with Gasteiger partial charge in [0.1, 0.15) is 23.3 Å². The van der Waals surface area contributed by atoms with E-state index in [9.17, 15) is 26.3 Å². The molecule has 0 atom stereocenters. The van der Waals surface area contributed by atoms with E-state index in [0.717, 1.165) is 36.4 Å². The number of rotatable bonds is 6. The smallest absolute Gasteiger partial charge is 0.159 e. The highest BCUT2D eigenvalue weighted by Gasteiger charge is 2.15. The van der Waals surface area contributed by atoms with Crippen molar-refractivity contribution in [1.29, 1.82) is 0 Å². The molecule has 0 N–H and O–H groups in total. The molecule has 8 heteroatoms. The van der Waals surface area contributed by atoms with Gasteiger partial charge in [-0.3, -0.25) is 0 Å². The summed E-state index contributed by atoms with van der Waals surface area (Å²) in [6, 6.07) is 22.6. The lowest BCUT2D eigenvalue weighted by Gasteiger charge is -2.11. The minimum Gasteiger partial charge on any atom is -0.206 e. The third kappa shape index (κ3) is 6.09. The Kier molecular flexibility index (Phi) is 7.97. The van der Waals surface area contributed by atoms with Crippen molar-refractivity contribution in [3.63, 3.8) is 0 Å². The summed E-state index contributed by atoms with van der Waals surface area (Å²) in [6.07, 6.45) is 0.168. The molecule has 45 heavy (non-hydrogen) atoms. The number of hydrogen-bond acceptors (Lipinski definition) is 0. The van der Waals surface area contributed by atoms with Crippen LogP contribution in [-0.2, 0) is 6.42 Å². The van der Waals surface area contributed by atoms with E-state index in [4.69, 9.17) is 0 Å². The molecule has 0 bridgehead atoms. The lowest BCUT2D eigenvalue weighted by molar-refractivity contribution is 0.509. The van der Waals surface area contributed by atoms with Crippen LogP contribution in [0, 0.1) is 46.5 Å². The number of hydrogen-bond donors (Lipinski definition) is 0. The van der Waals surface area contributed by atoms with Gasteiger partial charge in [0, 0.05) is 22.3 Å². The van der Waals surface area contributed by atoms with Gasteiger partial charge in [-0.15, -0.1) is 0 Å². The van der Waals surface area contributed by atoms with Gasteiger partial charge >= 0.3 is 0 Å². The van der Waals surface area contributed by atoms with Crippen LogP contribution in [0.5, 0.6) is 0 Å². The first-order chi connectivity index (χ1) is 21.6. The summed E-state index contributed by atoms with van der Waals surface area (Å²) in [7, 11) is 0. The van der Waals surface area contributed by atoms with Crippen molar-refractivity contribution in [3.8, 4) is 44.5 Å². The van der Waals surface area contributed by atoms with Crippen molar-refractivity contribution in [1.82, 2.24) is 0 Å². The Labute approximate surface area is 252 Å². The van der Waals surface area contributed by atoms with Gasteiger partial charge in [-0.25, -0.2) is 35.1 Å². The first kappa shape index (κ1) is 29.8. The van der Waals surface area contributed by atoms with E-state index in [1.807, 2.05) is 0 Å². The van der Waals surface area contributed by atoms with Gasteiger partial charge in [-0.2, -0.15) is 0 Å². The summed E-state index contributed by atoms with van der Waals surface area (Å²) >= 11 is 0. The molecule has 0 heterocycles. The molecule has 0 aliphatic heterocycles. The van der Waals surface area contributed by atoms with Gasteiger partial charge in [0.2, 0.25) is 0 Å². The van der Waals surface area contributed by atoms with E-state index in [-0.39, 0.29) is 50.9 Å². The van der Waals surface area contributed by atoms with Gasteiger partial charge < -0.3 is 0 Å². The topological polar surface area (TPSA) is 0 Å². The third-order valence-corrected chi connectivity index (χ3v) is 7.50. The number of benzene rings is 6. The van der Waals surface area contributed by atoms with Crippen molar-refractivity contribution in [2.45, 2.75) is 6.42 Å². The molecular formula is C37H20F8. The molecule has 0 unspecified atom stereocenters. The lowest BCUT2D eigenvalue weighted by atomic mass is 9.95. The van der Waals surface area contributed by atoms with Gasteiger partial charge in [0.25, 0.3) is 0 Å². The highest BCUT2D eigenvalue weighted by Crippen LogP contribution is 2.33. The fraction of sp³-hybridized carbons (Fsp3) is 0.0270. The Morgan fingerprint density at radius 2 is 0.556 bits per heavy atom. The molecule has 0 amide bonds. The van der Waals surface area contributed by atoms with Crippen LogP contribution in [0.3, 0.4) is 0 Å².